The fourth-order valence-corrected chi connectivity index (χ4v) is 2.67. The molecule has 1 saturated carbocycles. The minimum absolute atomic E-state index is 0.577. The number of benzene rings is 1. The second kappa shape index (κ2) is 3.81. The molecule has 0 aliphatic heterocycles. The van der Waals surface area contributed by atoms with E-state index in [4.69, 9.17) is 5.73 Å². The third kappa shape index (κ3) is 1.56. The van der Waals surface area contributed by atoms with Crippen molar-refractivity contribution in [3.8, 4) is 0 Å². The summed E-state index contributed by atoms with van der Waals surface area (Å²) < 4.78 is 2.17. The largest absolute Gasteiger partial charge is 0.399 e. The molecule has 0 radical (unpaired) electrons. The second-order valence-corrected chi connectivity index (χ2v) is 4.70. The van der Waals surface area contributed by atoms with Gasteiger partial charge in [-0.3, -0.25) is 4.68 Å². The van der Waals surface area contributed by atoms with Crippen molar-refractivity contribution in [1.82, 2.24) is 9.78 Å². The Morgan fingerprint density at radius 3 is 2.81 bits per heavy atom. The molecule has 3 heteroatoms. The van der Waals surface area contributed by atoms with Crippen LogP contribution in [0.1, 0.15) is 38.1 Å². The van der Waals surface area contributed by atoms with E-state index in [-0.39, 0.29) is 0 Å². The highest BCUT2D eigenvalue weighted by atomic mass is 15.3. The highest BCUT2D eigenvalue weighted by Gasteiger charge is 2.17. The van der Waals surface area contributed by atoms with E-state index in [2.05, 4.69) is 15.8 Å². The Balaban J connectivity index is 2.05. The number of anilines is 1. The van der Waals surface area contributed by atoms with Crippen LogP contribution in [0.15, 0.2) is 24.4 Å². The highest BCUT2D eigenvalue weighted by molar-refractivity contribution is 5.81. The van der Waals surface area contributed by atoms with Gasteiger partial charge < -0.3 is 5.73 Å². The first-order valence-electron chi connectivity index (χ1n) is 6.07. The molecule has 2 aromatic rings. The minimum Gasteiger partial charge on any atom is -0.399 e. The quantitative estimate of drug-likeness (QED) is 0.743. The smallest absolute Gasteiger partial charge is 0.0706 e. The molecule has 1 aliphatic rings. The lowest BCUT2D eigenvalue weighted by Gasteiger charge is -2.22. The van der Waals surface area contributed by atoms with Crippen molar-refractivity contribution >= 4 is 16.6 Å². The van der Waals surface area contributed by atoms with E-state index in [0.717, 1.165) is 5.69 Å². The summed E-state index contributed by atoms with van der Waals surface area (Å²) in [6.07, 6.45) is 8.49. The van der Waals surface area contributed by atoms with E-state index in [0.29, 0.717) is 6.04 Å². The predicted molar refractivity (Wildman–Crippen MR) is 66.3 cm³/mol. The summed E-state index contributed by atoms with van der Waals surface area (Å²) in [5.74, 6) is 0. The van der Waals surface area contributed by atoms with Crippen LogP contribution in [0.5, 0.6) is 0 Å². The van der Waals surface area contributed by atoms with Crippen molar-refractivity contribution in [3.05, 3.63) is 24.4 Å². The van der Waals surface area contributed by atoms with Crippen LogP contribution in [0, 0.1) is 0 Å². The first kappa shape index (κ1) is 9.70. The molecule has 3 nitrogen and oxygen atoms in total. The summed E-state index contributed by atoms with van der Waals surface area (Å²) in [6.45, 7) is 0. The van der Waals surface area contributed by atoms with Crippen LogP contribution in [0.3, 0.4) is 0 Å². The topological polar surface area (TPSA) is 43.8 Å². The number of hydrogen-bond donors (Lipinski definition) is 1. The number of aromatic nitrogens is 2. The van der Waals surface area contributed by atoms with Crippen molar-refractivity contribution in [2.75, 3.05) is 5.73 Å². The van der Waals surface area contributed by atoms with Gasteiger partial charge in [-0.15, -0.1) is 0 Å². The molecule has 0 spiro atoms. The predicted octanol–water partition coefficient (Wildman–Crippen LogP) is 3.12. The Kier molecular flexibility index (Phi) is 2.31. The molecule has 1 aromatic carbocycles. The van der Waals surface area contributed by atoms with Gasteiger partial charge in [-0.25, -0.2) is 0 Å². The maximum Gasteiger partial charge on any atom is 0.0706 e. The molecule has 1 aromatic heterocycles. The summed E-state index contributed by atoms with van der Waals surface area (Å²) in [5, 5.41) is 5.72. The van der Waals surface area contributed by atoms with Crippen molar-refractivity contribution in [2.24, 2.45) is 0 Å². The Bertz CT molecular complexity index is 495. The first-order chi connectivity index (χ1) is 7.84. The summed E-state index contributed by atoms with van der Waals surface area (Å²) in [5.41, 5.74) is 7.85. The van der Waals surface area contributed by atoms with E-state index in [9.17, 15) is 0 Å². The fraction of sp³-hybridized carbons (Fsp3) is 0.462. The molecule has 1 fully saturated rings. The zero-order valence-corrected chi connectivity index (χ0v) is 9.39. The van der Waals surface area contributed by atoms with Crippen LogP contribution in [-0.2, 0) is 0 Å². The van der Waals surface area contributed by atoms with E-state index >= 15 is 0 Å². The zero-order valence-electron chi connectivity index (χ0n) is 9.39. The van der Waals surface area contributed by atoms with Gasteiger partial charge in [0, 0.05) is 11.1 Å². The van der Waals surface area contributed by atoms with Crippen LogP contribution in [-0.4, -0.2) is 9.78 Å². The Morgan fingerprint density at radius 2 is 2.00 bits per heavy atom. The lowest BCUT2D eigenvalue weighted by Crippen LogP contribution is -2.13. The highest BCUT2D eigenvalue weighted by Crippen LogP contribution is 2.30. The average molecular weight is 215 g/mol. The molecule has 0 amide bonds. The van der Waals surface area contributed by atoms with E-state index in [1.54, 1.807) is 0 Å². The van der Waals surface area contributed by atoms with Crippen molar-refractivity contribution < 1.29 is 0 Å². The minimum atomic E-state index is 0.577. The normalized spacial score (nSPS) is 18.0. The molecular formula is C13H17N3. The van der Waals surface area contributed by atoms with E-state index in [1.165, 1.54) is 43.0 Å². The van der Waals surface area contributed by atoms with Gasteiger partial charge >= 0.3 is 0 Å². The molecule has 84 valence electrons. The van der Waals surface area contributed by atoms with Gasteiger partial charge in [0.1, 0.15) is 0 Å². The lowest BCUT2D eigenvalue weighted by atomic mass is 9.95. The number of nitrogen functional groups attached to an aromatic ring is 1. The lowest BCUT2D eigenvalue weighted by molar-refractivity contribution is 0.337. The summed E-state index contributed by atoms with van der Waals surface area (Å²) in [6, 6.07) is 6.61. The first-order valence-corrected chi connectivity index (χ1v) is 6.07. The maximum absolute atomic E-state index is 5.84. The molecule has 0 unspecified atom stereocenters. The van der Waals surface area contributed by atoms with Gasteiger partial charge in [0.25, 0.3) is 0 Å². The summed E-state index contributed by atoms with van der Waals surface area (Å²) in [7, 11) is 0. The van der Waals surface area contributed by atoms with Crippen molar-refractivity contribution in [3.63, 3.8) is 0 Å². The van der Waals surface area contributed by atoms with Crippen LogP contribution >= 0.6 is 0 Å². The summed E-state index contributed by atoms with van der Waals surface area (Å²) in [4.78, 5) is 0. The van der Waals surface area contributed by atoms with Gasteiger partial charge in [0.15, 0.2) is 0 Å². The SMILES string of the molecule is Nc1ccc2cnn(C3CCCCC3)c2c1. The number of nitrogens with zero attached hydrogens (tertiary/aromatic N) is 2. The van der Waals surface area contributed by atoms with E-state index < -0.39 is 0 Å². The second-order valence-electron chi connectivity index (χ2n) is 4.70. The Hall–Kier alpha value is -1.51. The average Bonchev–Trinajstić information content (AvgIpc) is 2.73. The standard InChI is InChI=1S/C13H17N3/c14-11-7-6-10-9-15-16(13(10)8-11)12-4-2-1-3-5-12/h6-9,12H,1-5,14H2. The van der Waals surface area contributed by atoms with Gasteiger partial charge in [0.2, 0.25) is 0 Å². The van der Waals surface area contributed by atoms with E-state index in [1.807, 2.05) is 18.3 Å². The molecule has 0 saturated heterocycles. The third-order valence-electron chi connectivity index (χ3n) is 3.54. The molecule has 1 heterocycles. The molecule has 1 aliphatic carbocycles. The van der Waals surface area contributed by atoms with Crippen molar-refractivity contribution in [2.45, 2.75) is 38.1 Å². The van der Waals surface area contributed by atoms with Gasteiger partial charge in [-0.1, -0.05) is 19.3 Å². The molecule has 2 N–H and O–H groups in total. The maximum atomic E-state index is 5.84. The number of hydrogen-bond acceptors (Lipinski definition) is 2. The van der Waals surface area contributed by atoms with Gasteiger partial charge in [-0.2, -0.15) is 5.10 Å². The Labute approximate surface area is 95.2 Å². The number of fused-ring (bicyclic) bond motifs is 1. The van der Waals surface area contributed by atoms with Crippen LogP contribution < -0.4 is 5.73 Å². The monoisotopic (exact) mass is 215 g/mol. The molecule has 3 rings (SSSR count). The van der Waals surface area contributed by atoms with Crippen LogP contribution in [0.2, 0.25) is 0 Å². The zero-order chi connectivity index (χ0) is 11.0. The Morgan fingerprint density at radius 1 is 1.19 bits per heavy atom. The summed E-state index contributed by atoms with van der Waals surface area (Å²) >= 11 is 0. The van der Waals surface area contributed by atoms with Crippen LogP contribution in [0.4, 0.5) is 5.69 Å². The fourth-order valence-electron chi connectivity index (χ4n) is 2.67. The molecular weight excluding hydrogens is 198 g/mol. The molecule has 0 atom stereocenters. The van der Waals surface area contributed by atoms with Gasteiger partial charge in [0.05, 0.1) is 17.8 Å². The molecule has 16 heavy (non-hydrogen) atoms. The van der Waals surface area contributed by atoms with Crippen LogP contribution in [0.25, 0.3) is 10.9 Å². The van der Waals surface area contributed by atoms with Crippen molar-refractivity contribution in [1.29, 1.82) is 0 Å². The number of nitrogens with two attached hydrogens (primary N) is 1. The van der Waals surface area contributed by atoms with Gasteiger partial charge in [-0.05, 0) is 31.0 Å². The number of rotatable bonds is 1. The molecule has 0 bridgehead atoms. The third-order valence-corrected chi connectivity index (χ3v) is 3.54.